The van der Waals surface area contributed by atoms with Crippen LogP contribution in [0.1, 0.15) is 46.5 Å². The van der Waals surface area contributed by atoms with Crippen LogP contribution in [0.3, 0.4) is 0 Å². The molecule has 0 saturated heterocycles. The molecule has 1 atom stereocenters. The highest BCUT2D eigenvalue weighted by molar-refractivity contribution is 5.76. The zero-order valence-corrected chi connectivity index (χ0v) is 13.2. The molecule has 1 amide bonds. The summed E-state index contributed by atoms with van der Waals surface area (Å²) in [7, 11) is 1.67. The summed E-state index contributed by atoms with van der Waals surface area (Å²) in [6, 6.07) is 0. The first kappa shape index (κ1) is 18.4. The van der Waals surface area contributed by atoms with Gasteiger partial charge in [0, 0.05) is 26.6 Å². The summed E-state index contributed by atoms with van der Waals surface area (Å²) >= 11 is 0. The smallest absolute Gasteiger partial charge is 0.222 e. The van der Waals surface area contributed by atoms with Crippen molar-refractivity contribution in [3.8, 4) is 0 Å². The van der Waals surface area contributed by atoms with Crippen LogP contribution < -0.4 is 5.73 Å². The standard InChI is InChI=1S/C15H32N2O2/c1-5-14(8-9-16)6-7-15(18)17(10-11-19-4)12-13(2)3/h13-14H,5-12,16H2,1-4H3. The van der Waals surface area contributed by atoms with E-state index in [1.807, 2.05) is 4.90 Å². The zero-order chi connectivity index (χ0) is 14.7. The van der Waals surface area contributed by atoms with Crippen LogP contribution in [0.2, 0.25) is 0 Å². The van der Waals surface area contributed by atoms with Crippen molar-refractivity contribution < 1.29 is 9.53 Å². The lowest BCUT2D eigenvalue weighted by atomic mass is 9.96. The number of methoxy groups -OCH3 is 1. The number of nitrogens with zero attached hydrogens (tertiary/aromatic N) is 1. The summed E-state index contributed by atoms with van der Waals surface area (Å²) in [5.74, 6) is 1.32. The quantitative estimate of drug-likeness (QED) is 0.628. The summed E-state index contributed by atoms with van der Waals surface area (Å²) in [5.41, 5.74) is 5.59. The molecule has 0 aliphatic heterocycles. The van der Waals surface area contributed by atoms with Gasteiger partial charge in [-0.15, -0.1) is 0 Å². The molecule has 0 heterocycles. The predicted molar refractivity (Wildman–Crippen MR) is 80.0 cm³/mol. The third-order valence-corrected chi connectivity index (χ3v) is 3.42. The Labute approximate surface area is 118 Å². The highest BCUT2D eigenvalue weighted by Crippen LogP contribution is 2.15. The van der Waals surface area contributed by atoms with Crippen molar-refractivity contribution in [2.75, 3.05) is 33.4 Å². The van der Waals surface area contributed by atoms with Crippen LogP contribution in [0.15, 0.2) is 0 Å². The molecule has 1 unspecified atom stereocenters. The molecule has 114 valence electrons. The van der Waals surface area contributed by atoms with Crippen molar-refractivity contribution in [2.24, 2.45) is 17.6 Å². The van der Waals surface area contributed by atoms with Crippen LogP contribution in [-0.4, -0.2) is 44.2 Å². The summed E-state index contributed by atoms with van der Waals surface area (Å²) < 4.78 is 5.08. The van der Waals surface area contributed by atoms with Gasteiger partial charge in [-0.1, -0.05) is 27.2 Å². The van der Waals surface area contributed by atoms with Crippen LogP contribution in [0.5, 0.6) is 0 Å². The maximum Gasteiger partial charge on any atom is 0.222 e. The van der Waals surface area contributed by atoms with Gasteiger partial charge in [-0.2, -0.15) is 0 Å². The fraction of sp³-hybridized carbons (Fsp3) is 0.933. The lowest BCUT2D eigenvalue weighted by molar-refractivity contribution is -0.132. The van der Waals surface area contributed by atoms with Gasteiger partial charge in [0.25, 0.3) is 0 Å². The molecule has 0 saturated carbocycles. The molecule has 0 spiro atoms. The van der Waals surface area contributed by atoms with Gasteiger partial charge in [0.1, 0.15) is 0 Å². The SMILES string of the molecule is CCC(CCN)CCC(=O)N(CCOC)CC(C)C. The largest absolute Gasteiger partial charge is 0.383 e. The van der Waals surface area contributed by atoms with Gasteiger partial charge < -0.3 is 15.4 Å². The fourth-order valence-electron chi connectivity index (χ4n) is 2.23. The molecule has 0 radical (unpaired) electrons. The average molecular weight is 272 g/mol. The highest BCUT2D eigenvalue weighted by Gasteiger charge is 2.16. The third kappa shape index (κ3) is 9.00. The van der Waals surface area contributed by atoms with Crippen molar-refractivity contribution in [1.29, 1.82) is 0 Å². The minimum atomic E-state index is 0.251. The second-order valence-corrected chi connectivity index (χ2v) is 5.62. The van der Waals surface area contributed by atoms with Crippen LogP contribution in [-0.2, 0) is 9.53 Å². The molecule has 0 fully saturated rings. The molecule has 4 heteroatoms. The van der Waals surface area contributed by atoms with Gasteiger partial charge in [-0.25, -0.2) is 0 Å². The topological polar surface area (TPSA) is 55.6 Å². The normalized spacial score (nSPS) is 12.7. The second-order valence-electron chi connectivity index (χ2n) is 5.62. The molecule has 0 aliphatic rings. The van der Waals surface area contributed by atoms with Crippen LogP contribution in [0.4, 0.5) is 0 Å². The number of carbonyl (C=O) groups is 1. The van der Waals surface area contributed by atoms with Gasteiger partial charge >= 0.3 is 0 Å². The van der Waals surface area contributed by atoms with Gasteiger partial charge in [-0.05, 0) is 31.2 Å². The molecule has 0 aliphatic carbocycles. The van der Waals surface area contributed by atoms with E-state index >= 15 is 0 Å². The van der Waals surface area contributed by atoms with Gasteiger partial charge in [0.15, 0.2) is 0 Å². The molecular formula is C15H32N2O2. The van der Waals surface area contributed by atoms with Crippen molar-refractivity contribution in [1.82, 2.24) is 4.90 Å². The van der Waals surface area contributed by atoms with Crippen molar-refractivity contribution >= 4 is 5.91 Å². The number of amides is 1. The number of rotatable bonds is 11. The average Bonchev–Trinajstić information content (AvgIpc) is 2.38. The fourth-order valence-corrected chi connectivity index (χ4v) is 2.23. The highest BCUT2D eigenvalue weighted by atomic mass is 16.5. The van der Waals surface area contributed by atoms with Crippen molar-refractivity contribution in [3.05, 3.63) is 0 Å². The minimum absolute atomic E-state index is 0.251. The first-order chi connectivity index (χ1) is 9.04. The van der Waals surface area contributed by atoms with E-state index in [0.717, 1.165) is 25.8 Å². The van der Waals surface area contributed by atoms with E-state index in [4.69, 9.17) is 10.5 Å². The van der Waals surface area contributed by atoms with Crippen LogP contribution >= 0.6 is 0 Å². The third-order valence-electron chi connectivity index (χ3n) is 3.42. The van der Waals surface area contributed by atoms with E-state index in [1.54, 1.807) is 7.11 Å². The Bertz CT molecular complexity index is 232. The van der Waals surface area contributed by atoms with E-state index in [1.165, 1.54) is 0 Å². The molecule has 0 aromatic heterocycles. The van der Waals surface area contributed by atoms with Crippen LogP contribution in [0, 0.1) is 11.8 Å². The maximum atomic E-state index is 12.2. The number of nitrogens with two attached hydrogens (primary N) is 1. The van der Waals surface area contributed by atoms with E-state index in [-0.39, 0.29) is 5.91 Å². The first-order valence-corrected chi connectivity index (χ1v) is 7.51. The Kier molecular flexibility index (Phi) is 10.9. The maximum absolute atomic E-state index is 12.2. The predicted octanol–water partition coefficient (Wildman–Crippen LogP) is 2.27. The lowest BCUT2D eigenvalue weighted by Gasteiger charge is -2.25. The summed E-state index contributed by atoms with van der Waals surface area (Å²) in [5, 5.41) is 0. The Morgan fingerprint density at radius 1 is 1.32 bits per heavy atom. The van der Waals surface area contributed by atoms with E-state index < -0.39 is 0 Å². The summed E-state index contributed by atoms with van der Waals surface area (Å²) in [6.45, 7) is 9.27. The molecule has 0 bridgehead atoms. The number of carbonyl (C=O) groups excluding carboxylic acids is 1. The van der Waals surface area contributed by atoms with Crippen molar-refractivity contribution in [3.63, 3.8) is 0 Å². The second kappa shape index (κ2) is 11.2. The summed E-state index contributed by atoms with van der Waals surface area (Å²) in [6.07, 6.45) is 3.71. The Morgan fingerprint density at radius 2 is 2.00 bits per heavy atom. The number of ether oxygens (including phenoxy) is 1. The monoisotopic (exact) mass is 272 g/mol. The van der Waals surface area contributed by atoms with Gasteiger partial charge in [-0.3, -0.25) is 4.79 Å². The van der Waals surface area contributed by atoms with E-state index in [9.17, 15) is 4.79 Å². The zero-order valence-electron chi connectivity index (χ0n) is 13.2. The number of hydrogen-bond acceptors (Lipinski definition) is 3. The summed E-state index contributed by atoms with van der Waals surface area (Å²) in [4.78, 5) is 14.2. The molecule has 19 heavy (non-hydrogen) atoms. The van der Waals surface area contributed by atoms with Gasteiger partial charge in [0.05, 0.1) is 6.61 Å². The van der Waals surface area contributed by atoms with Crippen LogP contribution in [0.25, 0.3) is 0 Å². The minimum Gasteiger partial charge on any atom is -0.383 e. The molecule has 4 nitrogen and oxygen atoms in total. The van der Waals surface area contributed by atoms with E-state index in [2.05, 4.69) is 20.8 Å². The Morgan fingerprint density at radius 3 is 2.47 bits per heavy atom. The van der Waals surface area contributed by atoms with Gasteiger partial charge in [0.2, 0.25) is 5.91 Å². The molecule has 0 rings (SSSR count). The molecular weight excluding hydrogens is 240 g/mol. The number of hydrogen-bond donors (Lipinski definition) is 1. The molecule has 0 aromatic rings. The van der Waals surface area contributed by atoms with E-state index in [0.29, 0.717) is 38.0 Å². The Hall–Kier alpha value is -0.610. The van der Waals surface area contributed by atoms with Crippen molar-refractivity contribution in [2.45, 2.75) is 46.5 Å². The first-order valence-electron chi connectivity index (χ1n) is 7.51. The Balaban J connectivity index is 4.21. The lowest BCUT2D eigenvalue weighted by Crippen LogP contribution is -2.36. The molecule has 0 aromatic carbocycles. The molecule has 2 N–H and O–H groups in total.